The first kappa shape index (κ1) is 29.9. The predicted octanol–water partition coefficient (Wildman–Crippen LogP) is 7.40. The Morgan fingerprint density at radius 3 is 2.56 bits per heavy atom. The second-order valence-electron chi connectivity index (χ2n) is 10.3. The van der Waals surface area contributed by atoms with Crippen molar-refractivity contribution in [1.29, 1.82) is 0 Å². The third-order valence-electron chi connectivity index (χ3n) is 7.20. The van der Waals surface area contributed by atoms with Crippen LogP contribution in [0, 0.1) is 0 Å². The fourth-order valence-corrected chi connectivity index (χ4v) is 5.02. The molecule has 41 heavy (non-hydrogen) atoms. The molecule has 0 saturated carbocycles. The van der Waals surface area contributed by atoms with Crippen LogP contribution in [0.25, 0.3) is 17.1 Å². The number of para-hydroxylation sites is 2. The van der Waals surface area contributed by atoms with Gasteiger partial charge in [-0.15, -0.1) is 0 Å². The van der Waals surface area contributed by atoms with E-state index in [-0.39, 0.29) is 5.91 Å². The van der Waals surface area contributed by atoms with E-state index >= 15 is 0 Å². The van der Waals surface area contributed by atoms with E-state index < -0.39 is 0 Å². The highest BCUT2D eigenvalue weighted by Gasteiger charge is 2.11. The molecule has 3 aromatic carbocycles. The van der Waals surface area contributed by atoms with Gasteiger partial charge in [-0.1, -0.05) is 67.1 Å². The molecule has 216 valence electrons. The molecule has 6 heteroatoms. The van der Waals surface area contributed by atoms with Gasteiger partial charge in [0.1, 0.15) is 5.82 Å². The maximum atomic E-state index is 12.2. The zero-order chi connectivity index (χ0) is 28.7. The minimum Gasteiger partial charge on any atom is -0.493 e. The number of fused-ring (bicyclic) bond motifs is 1. The second-order valence-corrected chi connectivity index (χ2v) is 10.3. The van der Waals surface area contributed by atoms with Gasteiger partial charge in [0.05, 0.1) is 24.8 Å². The average Bonchev–Trinajstić information content (AvgIpc) is 3.36. The number of aromatic nitrogens is 2. The van der Waals surface area contributed by atoms with Crippen LogP contribution in [0.15, 0.2) is 78.9 Å². The number of imidazole rings is 1. The van der Waals surface area contributed by atoms with Crippen LogP contribution in [0.1, 0.15) is 62.4 Å². The third kappa shape index (κ3) is 9.24. The molecule has 0 aliphatic rings. The Kier molecular flexibility index (Phi) is 11.9. The molecule has 4 rings (SSSR count). The molecule has 6 nitrogen and oxygen atoms in total. The number of hydrogen-bond acceptors (Lipinski definition) is 4. The fourth-order valence-electron chi connectivity index (χ4n) is 5.02. The molecule has 0 aliphatic heterocycles. The maximum Gasteiger partial charge on any atom is 0.220 e. The number of amides is 1. The first-order chi connectivity index (χ1) is 20.2. The van der Waals surface area contributed by atoms with E-state index in [2.05, 4.69) is 40.2 Å². The summed E-state index contributed by atoms with van der Waals surface area (Å²) < 4.78 is 13.9. The molecular weight excluding hydrogens is 510 g/mol. The number of aryl methyl sites for hydroxylation is 3. The maximum absolute atomic E-state index is 12.2. The van der Waals surface area contributed by atoms with E-state index in [0.717, 1.165) is 86.4 Å². The van der Waals surface area contributed by atoms with E-state index in [9.17, 15) is 4.79 Å². The summed E-state index contributed by atoms with van der Waals surface area (Å²) in [6.07, 6.45) is 11.3. The molecule has 1 aromatic heterocycles. The van der Waals surface area contributed by atoms with Crippen LogP contribution < -0.4 is 14.8 Å². The van der Waals surface area contributed by atoms with Crippen LogP contribution in [-0.4, -0.2) is 35.7 Å². The molecule has 0 radical (unpaired) electrons. The summed E-state index contributed by atoms with van der Waals surface area (Å²) in [5.74, 6) is 2.81. The molecule has 0 saturated heterocycles. The van der Waals surface area contributed by atoms with Gasteiger partial charge in [-0.05, 0) is 74.4 Å². The highest BCUT2D eigenvalue weighted by molar-refractivity contribution is 5.76. The molecular formula is C35H43N3O3. The highest BCUT2D eigenvalue weighted by Crippen LogP contribution is 2.29. The smallest absolute Gasteiger partial charge is 0.220 e. The Labute approximate surface area is 244 Å². The summed E-state index contributed by atoms with van der Waals surface area (Å²) >= 11 is 0. The van der Waals surface area contributed by atoms with Crippen molar-refractivity contribution in [3.8, 4) is 11.5 Å². The summed E-state index contributed by atoms with van der Waals surface area (Å²) in [4.78, 5) is 17.1. The number of carbonyl (C=O) groups is 1. The van der Waals surface area contributed by atoms with Crippen molar-refractivity contribution in [1.82, 2.24) is 14.9 Å². The Hall–Kier alpha value is -4.06. The summed E-state index contributed by atoms with van der Waals surface area (Å²) in [6, 6.07) is 24.6. The van der Waals surface area contributed by atoms with E-state index in [1.54, 1.807) is 7.11 Å². The lowest BCUT2D eigenvalue weighted by Gasteiger charge is -2.12. The lowest BCUT2D eigenvalue weighted by Crippen LogP contribution is -2.24. The Balaban J connectivity index is 1.19. The van der Waals surface area contributed by atoms with Gasteiger partial charge < -0.3 is 19.4 Å². The quantitative estimate of drug-likeness (QED) is 0.138. The van der Waals surface area contributed by atoms with Crippen LogP contribution >= 0.6 is 0 Å². The lowest BCUT2D eigenvalue weighted by molar-refractivity contribution is -0.121. The highest BCUT2D eigenvalue weighted by atomic mass is 16.5. The molecule has 0 fully saturated rings. The molecule has 0 atom stereocenters. The van der Waals surface area contributed by atoms with Crippen LogP contribution in [0.2, 0.25) is 0 Å². The Morgan fingerprint density at radius 1 is 0.902 bits per heavy atom. The molecule has 0 aliphatic carbocycles. The minimum atomic E-state index is 0.128. The van der Waals surface area contributed by atoms with Crippen molar-refractivity contribution in [3.63, 3.8) is 0 Å². The van der Waals surface area contributed by atoms with Crippen molar-refractivity contribution in [2.45, 2.75) is 64.8 Å². The van der Waals surface area contributed by atoms with Gasteiger partial charge in [0, 0.05) is 25.9 Å². The van der Waals surface area contributed by atoms with E-state index in [0.29, 0.717) is 13.0 Å². The van der Waals surface area contributed by atoms with Crippen molar-refractivity contribution in [3.05, 3.63) is 95.8 Å². The van der Waals surface area contributed by atoms with Crippen LogP contribution in [0.3, 0.4) is 0 Å². The van der Waals surface area contributed by atoms with Gasteiger partial charge in [0.2, 0.25) is 5.91 Å². The SMILES string of the molecule is C/C=C/c1ccc(OCCCCn2c(CCCCCNC(=O)CCc3ccccc3)nc3ccccc32)c(OC)c1. The molecule has 1 heterocycles. The van der Waals surface area contributed by atoms with Gasteiger partial charge >= 0.3 is 0 Å². The normalized spacial score (nSPS) is 11.3. The van der Waals surface area contributed by atoms with Gasteiger partial charge in [0.15, 0.2) is 11.5 Å². The monoisotopic (exact) mass is 553 g/mol. The van der Waals surface area contributed by atoms with Crippen molar-refractivity contribution < 1.29 is 14.3 Å². The summed E-state index contributed by atoms with van der Waals surface area (Å²) in [5, 5.41) is 3.07. The Bertz CT molecular complexity index is 1390. The average molecular weight is 554 g/mol. The number of benzene rings is 3. The summed E-state index contributed by atoms with van der Waals surface area (Å²) in [7, 11) is 1.68. The van der Waals surface area contributed by atoms with E-state index in [1.165, 1.54) is 11.1 Å². The Morgan fingerprint density at radius 2 is 1.73 bits per heavy atom. The molecule has 1 amide bonds. The molecule has 0 spiro atoms. The number of carbonyl (C=O) groups excluding carboxylic acids is 1. The van der Waals surface area contributed by atoms with Gasteiger partial charge in [0.25, 0.3) is 0 Å². The van der Waals surface area contributed by atoms with Gasteiger partial charge in [-0.25, -0.2) is 4.98 Å². The first-order valence-electron chi connectivity index (χ1n) is 14.9. The van der Waals surface area contributed by atoms with Crippen molar-refractivity contribution in [2.75, 3.05) is 20.3 Å². The first-order valence-corrected chi connectivity index (χ1v) is 14.9. The minimum absolute atomic E-state index is 0.128. The van der Waals surface area contributed by atoms with E-state index in [1.807, 2.05) is 61.5 Å². The van der Waals surface area contributed by atoms with Crippen molar-refractivity contribution in [2.24, 2.45) is 0 Å². The molecule has 4 aromatic rings. The number of allylic oxidation sites excluding steroid dienone is 1. The van der Waals surface area contributed by atoms with Gasteiger partial charge in [-0.3, -0.25) is 4.79 Å². The molecule has 1 N–H and O–H groups in total. The van der Waals surface area contributed by atoms with E-state index in [4.69, 9.17) is 14.5 Å². The number of methoxy groups -OCH3 is 1. The third-order valence-corrected chi connectivity index (χ3v) is 7.20. The summed E-state index contributed by atoms with van der Waals surface area (Å²) in [5.41, 5.74) is 4.54. The molecule has 0 unspecified atom stereocenters. The standard InChI is InChI=1S/C35H43N3O3/c1-3-14-29-20-22-32(33(27-29)40-2)41-26-13-12-25-38-31-18-10-9-17-30(31)37-34(38)19-8-5-11-24-36-35(39)23-21-28-15-6-4-7-16-28/h3-4,6-7,9-10,14-18,20,22,27H,5,8,11-13,19,21,23-26H2,1-2H3,(H,36,39)/b14-3+. The predicted molar refractivity (Wildman–Crippen MR) is 167 cm³/mol. The second kappa shape index (κ2) is 16.3. The topological polar surface area (TPSA) is 65.4 Å². The molecule has 0 bridgehead atoms. The van der Waals surface area contributed by atoms with Crippen LogP contribution in [0.5, 0.6) is 11.5 Å². The van der Waals surface area contributed by atoms with Crippen LogP contribution in [-0.2, 0) is 24.2 Å². The zero-order valence-corrected chi connectivity index (χ0v) is 24.5. The number of rotatable bonds is 17. The number of ether oxygens (including phenoxy) is 2. The number of nitrogens with one attached hydrogen (secondary N) is 1. The van der Waals surface area contributed by atoms with Crippen molar-refractivity contribution >= 4 is 23.0 Å². The van der Waals surface area contributed by atoms with Crippen LogP contribution in [0.4, 0.5) is 0 Å². The largest absolute Gasteiger partial charge is 0.493 e. The zero-order valence-electron chi connectivity index (χ0n) is 24.5. The number of nitrogens with zero attached hydrogens (tertiary/aromatic N) is 2. The summed E-state index contributed by atoms with van der Waals surface area (Å²) in [6.45, 7) is 4.28. The fraction of sp³-hybridized carbons (Fsp3) is 0.371. The number of unbranched alkanes of at least 4 members (excludes halogenated alkanes) is 3. The number of hydrogen-bond donors (Lipinski definition) is 1. The lowest BCUT2D eigenvalue weighted by atomic mass is 10.1. The van der Waals surface area contributed by atoms with Gasteiger partial charge in [-0.2, -0.15) is 0 Å².